The molecule has 2 fully saturated rings. The Balaban J connectivity index is 1.89. The number of rotatable bonds is 5. The molecule has 1 atom stereocenters. The predicted molar refractivity (Wildman–Crippen MR) is 86.2 cm³/mol. The Hall–Kier alpha value is -0.620. The number of piperidine rings is 1. The molecule has 2 heterocycles. The van der Waals surface area contributed by atoms with Crippen LogP contribution in [-0.2, 0) is 14.6 Å². The van der Waals surface area contributed by atoms with Crippen molar-refractivity contribution in [1.29, 1.82) is 0 Å². The number of amides is 1. The van der Waals surface area contributed by atoms with Crippen LogP contribution in [0.2, 0.25) is 0 Å². The summed E-state index contributed by atoms with van der Waals surface area (Å²) in [5, 5.41) is 9.75. The Morgan fingerprint density at radius 2 is 2.00 bits per heavy atom. The van der Waals surface area contributed by atoms with Gasteiger partial charge in [-0.1, -0.05) is 13.3 Å². The zero-order chi connectivity index (χ0) is 16.2. The highest BCUT2D eigenvalue weighted by molar-refractivity contribution is 7.91. The molecule has 0 unspecified atom stereocenters. The second kappa shape index (κ2) is 7.30. The van der Waals surface area contributed by atoms with Crippen molar-refractivity contribution in [1.82, 2.24) is 4.90 Å². The van der Waals surface area contributed by atoms with Gasteiger partial charge >= 0.3 is 0 Å². The van der Waals surface area contributed by atoms with Gasteiger partial charge in [-0.25, -0.2) is 8.42 Å². The van der Waals surface area contributed by atoms with Gasteiger partial charge in [0.1, 0.15) is 9.84 Å². The van der Waals surface area contributed by atoms with Crippen LogP contribution in [0.1, 0.15) is 51.9 Å². The van der Waals surface area contributed by atoms with E-state index < -0.39 is 9.84 Å². The number of hydrogen-bond donors (Lipinski definition) is 1. The maximum atomic E-state index is 12.5. The Morgan fingerprint density at radius 1 is 1.32 bits per heavy atom. The van der Waals surface area contributed by atoms with Crippen LogP contribution in [0.3, 0.4) is 0 Å². The van der Waals surface area contributed by atoms with Gasteiger partial charge in [-0.15, -0.1) is 0 Å². The number of carbonyl (C=O) groups is 1. The summed E-state index contributed by atoms with van der Waals surface area (Å²) in [6.07, 6.45) is 5.60. The fraction of sp³-hybridized carbons (Fsp3) is 0.938. The first-order valence-electron chi connectivity index (χ1n) is 8.49. The summed E-state index contributed by atoms with van der Waals surface area (Å²) >= 11 is 0. The van der Waals surface area contributed by atoms with Gasteiger partial charge in [-0.3, -0.25) is 4.79 Å². The summed E-state index contributed by atoms with van der Waals surface area (Å²) in [6.45, 7) is 3.68. The largest absolute Gasteiger partial charge is 0.396 e. The van der Waals surface area contributed by atoms with E-state index in [2.05, 4.69) is 6.92 Å². The topological polar surface area (TPSA) is 74.7 Å². The maximum absolute atomic E-state index is 12.5. The van der Waals surface area contributed by atoms with E-state index in [4.69, 9.17) is 0 Å². The van der Waals surface area contributed by atoms with Crippen molar-refractivity contribution in [3.05, 3.63) is 0 Å². The van der Waals surface area contributed by atoms with Crippen LogP contribution >= 0.6 is 0 Å². The lowest BCUT2D eigenvalue weighted by Crippen LogP contribution is -2.48. The lowest BCUT2D eigenvalue weighted by atomic mass is 9.77. The summed E-state index contributed by atoms with van der Waals surface area (Å²) in [4.78, 5) is 14.4. The molecule has 0 aromatic carbocycles. The molecule has 5 nitrogen and oxygen atoms in total. The van der Waals surface area contributed by atoms with Gasteiger partial charge in [0.25, 0.3) is 0 Å². The minimum atomic E-state index is -2.86. The molecule has 0 spiro atoms. The summed E-state index contributed by atoms with van der Waals surface area (Å²) in [6, 6.07) is 0. The molecule has 2 aliphatic rings. The van der Waals surface area contributed by atoms with E-state index in [9.17, 15) is 18.3 Å². The molecule has 0 aromatic heterocycles. The smallest absolute Gasteiger partial charge is 0.222 e. The molecule has 0 aliphatic carbocycles. The third-order valence-electron chi connectivity index (χ3n) is 5.27. The lowest BCUT2D eigenvalue weighted by molar-refractivity contribution is -0.136. The summed E-state index contributed by atoms with van der Waals surface area (Å²) in [5.74, 6) is 0.786. The highest BCUT2D eigenvalue weighted by atomic mass is 32.2. The monoisotopic (exact) mass is 331 g/mol. The first-order valence-corrected chi connectivity index (χ1v) is 10.3. The van der Waals surface area contributed by atoms with Gasteiger partial charge in [0.15, 0.2) is 0 Å². The normalized spacial score (nSPS) is 29.5. The first-order chi connectivity index (χ1) is 10.4. The van der Waals surface area contributed by atoms with Crippen molar-refractivity contribution >= 4 is 15.7 Å². The summed E-state index contributed by atoms with van der Waals surface area (Å²) in [7, 11) is -2.86. The fourth-order valence-electron chi connectivity index (χ4n) is 3.88. The van der Waals surface area contributed by atoms with E-state index in [0.717, 1.165) is 32.2 Å². The van der Waals surface area contributed by atoms with E-state index in [1.165, 1.54) is 0 Å². The van der Waals surface area contributed by atoms with Gasteiger partial charge in [0.2, 0.25) is 5.91 Å². The van der Waals surface area contributed by atoms with Crippen LogP contribution < -0.4 is 0 Å². The molecule has 0 saturated carbocycles. The number of carbonyl (C=O) groups excluding carboxylic acids is 1. The second-order valence-corrected chi connectivity index (χ2v) is 9.43. The molecule has 0 bridgehead atoms. The van der Waals surface area contributed by atoms with Crippen molar-refractivity contribution < 1.29 is 18.3 Å². The van der Waals surface area contributed by atoms with E-state index >= 15 is 0 Å². The highest BCUT2D eigenvalue weighted by Gasteiger charge is 2.36. The van der Waals surface area contributed by atoms with Crippen LogP contribution in [0.5, 0.6) is 0 Å². The van der Waals surface area contributed by atoms with Crippen LogP contribution in [0.25, 0.3) is 0 Å². The molecule has 1 N–H and O–H groups in total. The highest BCUT2D eigenvalue weighted by Crippen LogP contribution is 2.35. The van der Waals surface area contributed by atoms with E-state index in [1.54, 1.807) is 0 Å². The number of hydrogen-bond acceptors (Lipinski definition) is 4. The zero-order valence-corrected chi connectivity index (χ0v) is 14.4. The fourth-order valence-corrected chi connectivity index (χ4v) is 5.47. The average molecular weight is 331 g/mol. The summed E-state index contributed by atoms with van der Waals surface area (Å²) in [5.41, 5.74) is -0.126. The van der Waals surface area contributed by atoms with E-state index in [1.807, 2.05) is 4.90 Å². The SMILES string of the molecule is CCC[C@]1(CO)CCCN(C(=O)CC2CCS(=O)(=O)CC2)C1. The van der Waals surface area contributed by atoms with Gasteiger partial charge in [-0.05, 0) is 38.0 Å². The number of aliphatic hydroxyl groups excluding tert-OH is 1. The van der Waals surface area contributed by atoms with E-state index in [-0.39, 0.29) is 35.4 Å². The Kier molecular flexibility index (Phi) is 5.88. The van der Waals surface area contributed by atoms with Crippen molar-refractivity contribution in [2.75, 3.05) is 31.2 Å². The molecule has 22 heavy (non-hydrogen) atoms. The number of nitrogens with zero attached hydrogens (tertiary/aromatic N) is 1. The minimum Gasteiger partial charge on any atom is -0.396 e. The van der Waals surface area contributed by atoms with E-state index in [0.29, 0.717) is 25.8 Å². The Morgan fingerprint density at radius 3 is 2.59 bits per heavy atom. The number of aliphatic hydroxyl groups is 1. The third kappa shape index (κ3) is 4.44. The van der Waals surface area contributed by atoms with Crippen molar-refractivity contribution in [2.24, 2.45) is 11.3 Å². The van der Waals surface area contributed by atoms with Crippen LogP contribution in [0.4, 0.5) is 0 Å². The molecule has 0 radical (unpaired) electrons. The summed E-state index contributed by atoms with van der Waals surface area (Å²) < 4.78 is 22.9. The molecule has 6 heteroatoms. The van der Waals surface area contributed by atoms with Gasteiger partial charge in [-0.2, -0.15) is 0 Å². The lowest BCUT2D eigenvalue weighted by Gasteiger charge is -2.42. The number of likely N-dealkylation sites (tertiary alicyclic amines) is 1. The molecular weight excluding hydrogens is 302 g/mol. The Labute approximate surface area is 134 Å². The average Bonchev–Trinajstić information content (AvgIpc) is 2.50. The van der Waals surface area contributed by atoms with Crippen molar-refractivity contribution in [3.63, 3.8) is 0 Å². The molecule has 1 amide bonds. The third-order valence-corrected chi connectivity index (χ3v) is 6.98. The van der Waals surface area contributed by atoms with Gasteiger partial charge < -0.3 is 10.0 Å². The molecule has 2 aliphatic heterocycles. The van der Waals surface area contributed by atoms with Gasteiger partial charge in [0.05, 0.1) is 18.1 Å². The molecule has 2 saturated heterocycles. The van der Waals surface area contributed by atoms with Crippen LogP contribution in [-0.4, -0.2) is 55.5 Å². The Bertz CT molecular complexity index is 472. The molecular formula is C16H29NO4S. The van der Waals surface area contributed by atoms with Crippen LogP contribution in [0.15, 0.2) is 0 Å². The zero-order valence-electron chi connectivity index (χ0n) is 13.6. The van der Waals surface area contributed by atoms with Crippen molar-refractivity contribution in [2.45, 2.75) is 51.9 Å². The molecule has 0 aromatic rings. The predicted octanol–water partition coefficient (Wildman–Crippen LogP) is 1.60. The first kappa shape index (κ1) is 17.7. The number of sulfone groups is 1. The minimum absolute atomic E-state index is 0.126. The maximum Gasteiger partial charge on any atom is 0.222 e. The molecule has 128 valence electrons. The quantitative estimate of drug-likeness (QED) is 0.830. The van der Waals surface area contributed by atoms with Gasteiger partial charge in [0, 0.05) is 24.9 Å². The standard InChI is InChI=1S/C16H29NO4S/c1-2-6-16(13-18)7-3-8-17(12-16)15(19)11-14-4-9-22(20,21)10-5-14/h14,18H,2-13H2,1H3/t16-/m0/s1. The van der Waals surface area contributed by atoms with Crippen molar-refractivity contribution in [3.8, 4) is 0 Å². The van der Waals surface area contributed by atoms with Crippen LogP contribution in [0, 0.1) is 11.3 Å². The molecule has 2 rings (SSSR count). The second-order valence-electron chi connectivity index (χ2n) is 7.13.